The van der Waals surface area contributed by atoms with E-state index < -0.39 is 12.1 Å². The van der Waals surface area contributed by atoms with E-state index in [0.29, 0.717) is 21.0 Å². The van der Waals surface area contributed by atoms with E-state index in [1.54, 1.807) is 6.07 Å². The van der Waals surface area contributed by atoms with Crippen molar-refractivity contribution >= 4 is 40.3 Å². The molecule has 108 valence electrons. The molecule has 1 heterocycles. The fourth-order valence-electron chi connectivity index (χ4n) is 1.48. The van der Waals surface area contributed by atoms with E-state index in [-0.39, 0.29) is 19.1 Å². The number of benzene rings is 1. The van der Waals surface area contributed by atoms with Crippen molar-refractivity contribution in [3.63, 3.8) is 0 Å². The Morgan fingerprint density at radius 1 is 1.40 bits per heavy atom. The molecule has 1 aromatic carbocycles. The van der Waals surface area contributed by atoms with Crippen molar-refractivity contribution in [1.82, 2.24) is 5.16 Å². The first-order chi connectivity index (χ1) is 9.47. The molecule has 20 heavy (non-hydrogen) atoms. The standard InChI is InChI=1S/C11H11Cl2N3O4/c12-5-1-7-9(8(13)2-5)20-16-10(7)18-3-6(14)4-19-11(15)17/h1-2,6H,3-4,14H2,(H2,15,17). The van der Waals surface area contributed by atoms with Gasteiger partial charge in [-0.25, -0.2) is 4.79 Å². The Morgan fingerprint density at radius 2 is 2.15 bits per heavy atom. The highest BCUT2D eigenvalue weighted by Crippen LogP contribution is 2.33. The van der Waals surface area contributed by atoms with Crippen molar-refractivity contribution < 1.29 is 18.8 Å². The molecule has 7 nitrogen and oxygen atoms in total. The summed E-state index contributed by atoms with van der Waals surface area (Å²) >= 11 is 11.8. The van der Waals surface area contributed by atoms with Gasteiger partial charge < -0.3 is 25.5 Å². The van der Waals surface area contributed by atoms with Gasteiger partial charge in [0.2, 0.25) is 0 Å². The van der Waals surface area contributed by atoms with Crippen LogP contribution in [0, 0.1) is 0 Å². The summed E-state index contributed by atoms with van der Waals surface area (Å²) in [5.41, 5.74) is 10.9. The molecule has 0 aliphatic carbocycles. The number of hydrogen-bond acceptors (Lipinski definition) is 6. The molecule has 0 bridgehead atoms. The lowest BCUT2D eigenvalue weighted by molar-refractivity contribution is 0.136. The molecular formula is C11H11Cl2N3O4. The molecule has 0 saturated heterocycles. The summed E-state index contributed by atoms with van der Waals surface area (Å²) in [4.78, 5) is 10.4. The maximum Gasteiger partial charge on any atom is 0.404 e. The SMILES string of the molecule is NC(=O)OCC(N)COc1noc2c(Cl)cc(Cl)cc12. The second-order valence-corrected chi connectivity index (χ2v) is 4.80. The first-order valence-corrected chi connectivity index (χ1v) is 6.28. The number of carbonyl (C=O) groups is 1. The van der Waals surface area contributed by atoms with Crippen molar-refractivity contribution in [3.8, 4) is 5.88 Å². The lowest BCUT2D eigenvalue weighted by Gasteiger charge is -2.10. The number of nitrogens with two attached hydrogens (primary N) is 2. The van der Waals surface area contributed by atoms with E-state index in [9.17, 15) is 4.79 Å². The third-order valence-electron chi connectivity index (χ3n) is 2.33. The zero-order chi connectivity index (χ0) is 14.7. The Hall–Kier alpha value is -1.70. The van der Waals surface area contributed by atoms with Crippen LogP contribution in [0.15, 0.2) is 16.7 Å². The van der Waals surface area contributed by atoms with Gasteiger partial charge in [0.15, 0.2) is 5.58 Å². The molecule has 1 amide bonds. The van der Waals surface area contributed by atoms with Crippen LogP contribution < -0.4 is 16.2 Å². The van der Waals surface area contributed by atoms with Gasteiger partial charge in [0.25, 0.3) is 5.88 Å². The molecule has 0 aliphatic rings. The summed E-state index contributed by atoms with van der Waals surface area (Å²) in [5, 5.41) is 5.03. The van der Waals surface area contributed by atoms with Gasteiger partial charge in [-0.2, -0.15) is 0 Å². The van der Waals surface area contributed by atoms with Crippen LogP contribution in [0.4, 0.5) is 4.79 Å². The molecule has 2 rings (SSSR count). The fraction of sp³-hybridized carbons (Fsp3) is 0.273. The van der Waals surface area contributed by atoms with Gasteiger partial charge in [-0.3, -0.25) is 0 Å². The van der Waals surface area contributed by atoms with E-state index in [2.05, 4.69) is 9.89 Å². The summed E-state index contributed by atoms with van der Waals surface area (Å²) in [7, 11) is 0. The molecule has 0 spiro atoms. The Balaban J connectivity index is 2.05. The number of halogens is 2. The second kappa shape index (κ2) is 6.17. The third kappa shape index (κ3) is 3.44. The number of hydrogen-bond donors (Lipinski definition) is 2. The number of amides is 1. The number of primary amides is 1. The lowest BCUT2D eigenvalue weighted by Crippen LogP contribution is -2.34. The molecule has 9 heteroatoms. The summed E-state index contributed by atoms with van der Waals surface area (Å²) in [6, 6.07) is 2.59. The summed E-state index contributed by atoms with van der Waals surface area (Å²) in [6.07, 6.45) is -0.897. The lowest BCUT2D eigenvalue weighted by atomic mass is 10.2. The van der Waals surface area contributed by atoms with E-state index >= 15 is 0 Å². The second-order valence-electron chi connectivity index (χ2n) is 3.95. The Kier molecular flexibility index (Phi) is 4.53. The number of rotatable bonds is 5. The normalized spacial score (nSPS) is 12.3. The maximum absolute atomic E-state index is 10.4. The van der Waals surface area contributed by atoms with Crippen molar-refractivity contribution in [2.75, 3.05) is 13.2 Å². The first-order valence-electron chi connectivity index (χ1n) is 5.52. The molecule has 2 aromatic rings. The minimum atomic E-state index is -0.897. The van der Waals surface area contributed by atoms with Gasteiger partial charge in [-0.1, -0.05) is 23.2 Å². The van der Waals surface area contributed by atoms with Gasteiger partial charge in [0.05, 0.1) is 16.5 Å². The number of aromatic nitrogens is 1. The van der Waals surface area contributed by atoms with Crippen LogP contribution in [-0.4, -0.2) is 30.5 Å². The zero-order valence-electron chi connectivity index (χ0n) is 10.1. The van der Waals surface area contributed by atoms with Crippen LogP contribution in [0.3, 0.4) is 0 Å². The number of fused-ring (bicyclic) bond motifs is 1. The summed E-state index contributed by atoms with van der Waals surface area (Å²) in [5.74, 6) is 0.207. The number of nitrogens with zero attached hydrogens (tertiary/aromatic N) is 1. The molecule has 0 aliphatic heterocycles. The van der Waals surface area contributed by atoms with Crippen LogP contribution in [0.1, 0.15) is 0 Å². The Morgan fingerprint density at radius 3 is 2.85 bits per heavy atom. The van der Waals surface area contributed by atoms with E-state index in [0.717, 1.165) is 0 Å². The topological polar surface area (TPSA) is 114 Å². The largest absolute Gasteiger partial charge is 0.473 e. The van der Waals surface area contributed by atoms with Crippen LogP contribution >= 0.6 is 23.2 Å². The van der Waals surface area contributed by atoms with Crippen molar-refractivity contribution in [2.45, 2.75) is 6.04 Å². The van der Waals surface area contributed by atoms with Gasteiger partial charge in [-0.15, -0.1) is 0 Å². The smallest absolute Gasteiger partial charge is 0.404 e. The number of ether oxygens (including phenoxy) is 2. The molecule has 0 radical (unpaired) electrons. The average molecular weight is 320 g/mol. The van der Waals surface area contributed by atoms with Crippen LogP contribution in [-0.2, 0) is 4.74 Å². The summed E-state index contributed by atoms with van der Waals surface area (Å²) < 4.78 is 15.0. The Bertz CT molecular complexity index is 631. The van der Waals surface area contributed by atoms with Gasteiger partial charge in [0.1, 0.15) is 13.2 Å². The van der Waals surface area contributed by atoms with Crippen molar-refractivity contribution in [2.24, 2.45) is 11.5 Å². The Labute approximate surface area is 123 Å². The quantitative estimate of drug-likeness (QED) is 0.870. The highest BCUT2D eigenvalue weighted by Gasteiger charge is 2.15. The van der Waals surface area contributed by atoms with E-state index in [1.807, 2.05) is 0 Å². The summed E-state index contributed by atoms with van der Waals surface area (Å²) in [6.45, 7) is -0.00826. The highest BCUT2D eigenvalue weighted by molar-refractivity contribution is 6.38. The minimum Gasteiger partial charge on any atom is -0.473 e. The van der Waals surface area contributed by atoms with E-state index in [1.165, 1.54) is 6.07 Å². The fourth-order valence-corrected chi connectivity index (χ4v) is 2.00. The molecule has 1 unspecified atom stereocenters. The molecular weight excluding hydrogens is 309 g/mol. The average Bonchev–Trinajstić information content (AvgIpc) is 2.77. The van der Waals surface area contributed by atoms with Crippen molar-refractivity contribution in [1.29, 1.82) is 0 Å². The minimum absolute atomic E-state index is 0.0546. The molecule has 4 N–H and O–H groups in total. The highest BCUT2D eigenvalue weighted by atomic mass is 35.5. The molecule has 0 saturated carbocycles. The van der Waals surface area contributed by atoms with Crippen LogP contribution in [0.5, 0.6) is 5.88 Å². The van der Waals surface area contributed by atoms with Crippen LogP contribution in [0.2, 0.25) is 10.0 Å². The molecule has 0 fully saturated rings. The maximum atomic E-state index is 10.4. The van der Waals surface area contributed by atoms with Gasteiger partial charge in [0, 0.05) is 5.02 Å². The zero-order valence-corrected chi connectivity index (χ0v) is 11.6. The molecule has 1 aromatic heterocycles. The predicted molar refractivity (Wildman–Crippen MR) is 73.0 cm³/mol. The number of carbonyl (C=O) groups excluding carboxylic acids is 1. The first kappa shape index (κ1) is 14.7. The predicted octanol–water partition coefficient (Wildman–Crippen LogP) is 1.94. The molecule has 1 atom stereocenters. The van der Waals surface area contributed by atoms with Gasteiger partial charge >= 0.3 is 6.09 Å². The van der Waals surface area contributed by atoms with E-state index in [4.69, 9.17) is 43.9 Å². The van der Waals surface area contributed by atoms with Crippen LogP contribution in [0.25, 0.3) is 11.0 Å². The third-order valence-corrected chi connectivity index (χ3v) is 2.83. The van der Waals surface area contributed by atoms with Gasteiger partial charge in [-0.05, 0) is 17.3 Å². The monoisotopic (exact) mass is 319 g/mol. The van der Waals surface area contributed by atoms with Crippen molar-refractivity contribution in [3.05, 3.63) is 22.2 Å².